The third-order valence-electron chi connectivity index (χ3n) is 3.84. The van der Waals surface area contributed by atoms with E-state index in [0.717, 1.165) is 10.9 Å². The molecule has 0 saturated carbocycles. The van der Waals surface area contributed by atoms with Crippen LogP contribution in [0.15, 0.2) is 56.4 Å². The number of rotatable bonds is 5. The molecular weight excluding hydrogens is 422 g/mol. The lowest BCUT2D eigenvalue weighted by Gasteiger charge is -2.09. The zero-order valence-electron chi connectivity index (χ0n) is 14.1. The number of ether oxygens (including phenoxy) is 1. The van der Waals surface area contributed by atoms with Gasteiger partial charge in [-0.25, -0.2) is 13.1 Å². The molecule has 6 nitrogen and oxygen atoms in total. The summed E-state index contributed by atoms with van der Waals surface area (Å²) in [5.41, 5.74) is 2.33. The predicted molar refractivity (Wildman–Crippen MR) is 101 cm³/mol. The summed E-state index contributed by atoms with van der Waals surface area (Å²) in [6.45, 7) is 1.94. The Morgan fingerprint density at radius 3 is 2.69 bits per heavy atom. The van der Waals surface area contributed by atoms with Crippen molar-refractivity contribution in [2.45, 2.75) is 18.2 Å². The summed E-state index contributed by atoms with van der Waals surface area (Å²) in [5.74, 6) is -0.143. The quantitative estimate of drug-likeness (QED) is 0.659. The van der Waals surface area contributed by atoms with Gasteiger partial charge in [-0.05, 0) is 52.7 Å². The summed E-state index contributed by atoms with van der Waals surface area (Å²) in [4.78, 5) is 12.2. The van der Waals surface area contributed by atoms with E-state index in [4.69, 9.17) is 9.15 Å². The Labute approximate surface area is 159 Å². The van der Waals surface area contributed by atoms with E-state index in [1.54, 1.807) is 0 Å². The molecule has 2 aromatic carbocycles. The second-order valence-electron chi connectivity index (χ2n) is 5.76. The van der Waals surface area contributed by atoms with Crippen LogP contribution < -0.4 is 9.46 Å². The zero-order chi connectivity index (χ0) is 18.9. The van der Waals surface area contributed by atoms with Crippen molar-refractivity contribution >= 4 is 42.8 Å². The Morgan fingerprint density at radius 2 is 2.00 bits per heavy atom. The molecule has 0 atom stereocenters. The van der Waals surface area contributed by atoms with E-state index in [0.29, 0.717) is 21.4 Å². The number of carbonyl (C=O) groups is 1. The van der Waals surface area contributed by atoms with E-state index < -0.39 is 15.9 Å². The Bertz CT molecular complexity index is 1090. The number of fused-ring (bicyclic) bond motifs is 1. The number of halogens is 1. The highest BCUT2D eigenvalue weighted by atomic mass is 79.9. The summed E-state index contributed by atoms with van der Waals surface area (Å²) in [6, 6.07) is 9.88. The average molecular weight is 438 g/mol. The molecule has 0 aliphatic carbocycles. The molecule has 1 aromatic heterocycles. The lowest BCUT2D eigenvalue weighted by atomic mass is 10.1. The number of sulfonamides is 1. The summed E-state index contributed by atoms with van der Waals surface area (Å²) in [7, 11) is -2.51. The first-order valence-corrected chi connectivity index (χ1v) is 9.93. The molecule has 0 spiro atoms. The summed E-state index contributed by atoms with van der Waals surface area (Å²) in [6.07, 6.45) is 1.37. The minimum absolute atomic E-state index is 0.0359. The van der Waals surface area contributed by atoms with Crippen molar-refractivity contribution in [3.8, 4) is 5.75 Å². The van der Waals surface area contributed by atoms with Gasteiger partial charge in [-0.1, -0.05) is 12.1 Å². The number of nitrogens with one attached hydrogen (secondary N) is 1. The fourth-order valence-corrected chi connectivity index (χ4v) is 4.26. The molecule has 0 aliphatic heterocycles. The summed E-state index contributed by atoms with van der Waals surface area (Å²) >= 11 is 3.23. The van der Waals surface area contributed by atoms with E-state index in [2.05, 4.69) is 20.7 Å². The number of aryl methyl sites for hydroxylation is 1. The molecule has 3 rings (SSSR count). The van der Waals surface area contributed by atoms with Gasteiger partial charge in [0.2, 0.25) is 5.91 Å². The lowest BCUT2D eigenvalue weighted by molar-refractivity contribution is -0.118. The standard InChI is InChI=1S/C18H16BrNO5S/c1-11-3-5-14-12(10-25-17(14)7-11)8-18(21)20-26(22,23)13-4-6-16(24-2)15(19)9-13/h3-7,9-10H,8H2,1-2H3,(H,20,21). The summed E-state index contributed by atoms with van der Waals surface area (Å²) < 4.78 is 37.9. The summed E-state index contributed by atoms with van der Waals surface area (Å²) in [5, 5.41) is 0.787. The van der Waals surface area contributed by atoms with Crippen molar-refractivity contribution in [3.05, 3.63) is 58.3 Å². The molecule has 1 amide bonds. The van der Waals surface area contributed by atoms with Gasteiger partial charge in [-0.2, -0.15) is 0 Å². The van der Waals surface area contributed by atoms with Gasteiger partial charge in [0.05, 0.1) is 29.2 Å². The Morgan fingerprint density at radius 1 is 1.23 bits per heavy atom. The van der Waals surface area contributed by atoms with Crippen LogP contribution in [0.25, 0.3) is 11.0 Å². The van der Waals surface area contributed by atoms with Gasteiger partial charge < -0.3 is 9.15 Å². The third kappa shape index (κ3) is 3.76. The van der Waals surface area contributed by atoms with Gasteiger partial charge in [0.15, 0.2) is 0 Å². The number of hydrogen-bond donors (Lipinski definition) is 1. The van der Waals surface area contributed by atoms with Crippen LogP contribution in [0.4, 0.5) is 0 Å². The van der Waals surface area contributed by atoms with Crippen LogP contribution in [-0.4, -0.2) is 21.4 Å². The fraction of sp³-hybridized carbons (Fsp3) is 0.167. The van der Waals surface area contributed by atoms with Gasteiger partial charge in [0.1, 0.15) is 11.3 Å². The van der Waals surface area contributed by atoms with E-state index in [9.17, 15) is 13.2 Å². The van der Waals surface area contributed by atoms with Crippen LogP contribution in [-0.2, 0) is 21.2 Å². The van der Waals surface area contributed by atoms with Crippen LogP contribution >= 0.6 is 15.9 Å². The van der Waals surface area contributed by atoms with Crippen molar-refractivity contribution in [2.24, 2.45) is 0 Å². The van der Waals surface area contributed by atoms with Crippen LogP contribution in [0.3, 0.4) is 0 Å². The van der Waals surface area contributed by atoms with Crippen molar-refractivity contribution in [1.29, 1.82) is 0 Å². The van der Waals surface area contributed by atoms with E-state index in [1.807, 2.05) is 25.1 Å². The second kappa shape index (κ2) is 7.13. The molecule has 136 valence electrons. The Kier molecular flexibility index (Phi) is 5.06. The maximum atomic E-state index is 12.4. The van der Waals surface area contributed by atoms with Crippen molar-refractivity contribution in [3.63, 3.8) is 0 Å². The number of carbonyl (C=O) groups excluding carboxylic acids is 1. The molecule has 0 fully saturated rings. The zero-order valence-corrected chi connectivity index (χ0v) is 16.5. The van der Waals surface area contributed by atoms with E-state index in [1.165, 1.54) is 31.6 Å². The monoisotopic (exact) mass is 437 g/mol. The molecule has 26 heavy (non-hydrogen) atoms. The first-order valence-electron chi connectivity index (χ1n) is 7.66. The number of methoxy groups -OCH3 is 1. The van der Waals surface area contributed by atoms with Crippen LogP contribution in [0, 0.1) is 6.92 Å². The molecule has 1 heterocycles. The van der Waals surface area contributed by atoms with Crippen molar-refractivity contribution < 1.29 is 22.4 Å². The van der Waals surface area contributed by atoms with Crippen LogP contribution in [0.1, 0.15) is 11.1 Å². The van der Waals surface area contributed by atoms with Gasteiger partial charge in [0.25, 0.3) is 10.0 Å². The maximum absolute atomic E-state index is 12.4. The topological polar surface area (TPSA) is 85.6 Å². The second-order valence-corrected chi connectivity index (χ2v) is 8.30. The number of amides is 1. The first-order chi connectivity index (χ1) is 12.3. The van der Waals surface area contributed by atoms with Gasteiger partial charge in [0, 0.05) is 10.9 Å². The largest absolute Gasteiger partial charge is 0.496 e. The molecule has 8 heteroatoms. The van der Waals surface area contributed by atoms with E-state index in [-0.39, 0.29) is 11.3 Å². The minimum Gasteiger partial charge on any atom is -0.496 e. The predicted octanol–water partition coefficient (Wildman–Crippen LogP) is 3.56. The Hall–Kier alpha value is -2.32. The smallest absolute Gasteiger partial charge is 0.264 e. The van der Waals surface area contributed by atoms with Gasteiger partial charge in [-0.3, -0.25) is 4.79 Å². The molecule has 0 saturated heterocycles. The molecule has 0 unspecified atom stereocenters. The number of hydrogen-bond acceptors (Lipinski definition) is 5. The lowest BCUT2D eigenvalue weighted by Crippen LogP contribution is -2.31. The number of benzene rings is 2. The highest BCUT2D eigenvalue weighted by Crippen LogP contribution is 2.27. The molecular formula is C18H16BrNO5S. The SMILES string of the molecule is COc1ccc(S(=O)(=O)NC(=O)Cc2coc3cc(C)ccc23)cc1Br. The van der Waals surface area contributed by atoms with Crippen LogP contribution in [0.2, 0.25) is 0 Å². The normalized spacial score (nSPS) is 11.5. The van der Waals surface area contributed by atoms with Crippen LogP contribution in [0.5, 0.6) is 5.75 Å². The highest BCUT2D eigenvalue weighted by molar-refractivity contribution is 9.10. The highest BCUT2D eigenvalue weighted by Gasteiger charge is 2.20. The number of furan rings is 1. The molecule has 3 aromatic rings. The maximum Gasteiger partial charge on any atom is 0.264 e. The van der Waals surface area contributed by atoms with Gasteiger partial charge >= 0.3 is 0 Å². The fourth-order valence-electron chi connectivity index (χ4n) is 2.56. The third-order valence-corrected chi connectivity index (χ3v) is 5.83. The Balaban J connectivity index is 1.79. The molecule has 0 aliphatic rings. The molecule has 0 bridgehead atoms. The van der Waals surface area contributed by atoms with Crippen molar-refractivity contribution in [2.75, 3.05) is 7.11 Å². The van der Waals surface area contributed by atoms with Crippen molar-refractivity contribution in [1.82, 2.24) is 4.72 Å². The molecule has 0 radical (unpaired) electrons. The van der Waals surface area contributed by atoms with E-state index >= 15 is 0 Å². The minimum atomic E-state index is -3.99. The first kappa shape index (κ1) is 18.5. The average Bonchev–Trinajstić information content (AvgIpc) is 2.96. The molecule has 1 N–H and O–H groups in total. The van der Waals surface area contributed by atoms with Gasteiger partial charge in [-0.15, -0.1) is 0 Å².